The zero-order valence-corrected chi connectivity index (χ0v) is 12.3. The molecule has 1 amide bonds. The van der Waals surface area contributed by atoms with Crippen molar-refractivity contribution >= 4 is 30.1 Å². The number of carbonyl (C=O) groups excluding carboxylic acids is 1. The number of carbonyl (C=O) groups is 1. The number of piperazine rings is 1. The molecule has 1 fully saturated rings. The van der Waals surface area contributed by atoms with Crippen LogP contribution in [0.1, 0.15) is 17.3 Å². The predicted octanol–water partition coefficient (Wildman–Crippen LogP) is 2.26. The number of hydrogen-bond donors (Lipinski definition) is 1. The highest BCUT2D eigenvalue weighted by Crippen LogP contribution is 2.21. The molecule has 1 heterocycles. The third-order valence-electron chi connectivity index (χ3n) is 2.99. The van der Waals surface area contributed by atoms with Gasteiger partial charge in [0.25, 0.3) is 5.91 Å². The summed E-state index contributed by atoms with van der Waals surface area (Å²) in [5.74, 6) is 0.156. The fourth-order valence-corrected chi connectivity index (χ4v) is 2.70. The van der Waals surface area contributed by atoms with E-state index in [1.165, 1.54) is 0 Å². The molecule has 100 valence electrons. The summed E-state index contributed by atoms with van der Waals surface area (Å²) in [4.78, 5) is 15.4. The van der Waals surface area contributed by atoms with E-state index in [4.69, 9.17) is 0 Å². The summed E-state index contributed by atoms with van der Waals surface area (Å²) in [6.45, 7) is 4.59. The molecule has 1 aliphatic rings. The first-order valence-electron chi connectivity index (χ1n) is 5.88. The van der Waals surface area contributed by atoms with E-state index in [1.54, 1.807) is 11.8 Å². The Morgan fingerprint density at radius 3 is 2.83 bits per heavy atom. The molecule has 1 aromatic rings. The number of amides is 1. The van der Waals surface area contributed by atoms with Crippen molar-refractivity contribution in [3.05, 3.63) is 29.8 Å². The van der Waals surface area contributed by atoms with Crippen molar-refractivity contribution in [1.29, 1.82) is 0 Å². The minimum atomic E-state index is 0. The standard InChI is InChI=1S/C13H18N2OS.ClH/c1-10-9-15(8-7-14-10)13(16)11-5-3-4-6-12(11)17-2;/h3-6,10,14H,7-9H2,1-2H3;1H/t10-;/m0./s1. The van der Waals surface area contributed by atoms with E-state index in [0.717, 1.165) is 30.1 Å². The highest BCUT2D eigenvalue weighted by Gasteiger charge is 2.22. The summed E-state index contributed by atoms with van der Waals surface area (Å²) >= 11 is 1.63. The smallest absolute Gasteiger partial charge is 0.255 e. The van der Waals surface area contributed by atoms with Crippen LogP contribution in [0.4, 0.5) is 0 Å². The van der Waals surface area contributed by atoms with Crippen LogP contribution in [0.15, 0.2) is 29.2 Å². The first-order valence-corrected chi connectivity index (χ1v) is 7.10. The fraction of sp³-hybridized carbons (Fsp3) is 0.462. The average Bonchev–Trinajstić information content (AvgIpc) is 2.38. The highest BCUT2D eigenvalue weighted by atomic mass is 35.5. The molecule has 1 saturated heterocycles. The van der Waals surface area contributed by atoms with Gasteiger partial charge in [-0.2, -0.15) is 0 Å². The summed E-state index contributed by atoms with van der Waals surface area (Å²) in [5.41, 5.74) is 0.828. The van der Waals surface area contributed by atoms with E-state index in [9.17, 15) is 4.79 Å². The van der Waals surface area contributed by atoms with Gasteiger partial charge in [0.2, 0.25) is 0 Å². The molecule has 1 atom stereocenters. The molecule has 0 spiro atoms. The molecule has 1 aromatic carbocycles. The van der Waals surface area contributed by atoms with Crippen molar-refractivity contribution < 1.29 is 4.79 Å². The molecular weight excluding hydrogens is 268 g/mol. The van der Waals surface area contributed by atoms with Gasteiger partial charge in [-0.25, -0.2) is 0 Å². The van der Waals surface area contributed by atoms with Gasteiger partial charge in [-0.15, -0.1) is 24.2 Å². The van der Waals surface area contributed by atoms with Crippen molar-refractivity contribution in [2.75, 3.05) is 25.9 Å². The third kappa shape index (κ3) is 3.40. The first kappa shape index (κ1) is 15.3. The number of halogens is 1. The van der Waals surface area contributed by atoms with E-state index in [1.807, 2.05) is 35.4 Å². The largest absolute Gasteiger partial charge is 0.336 e. The Labute approximate surface area is 119 Å². The van der Waals surface area contributed by atoms with Gasteiger partial charge in [-0.3, -0.25) is 4.79 Å². The van der Waals surface area contributed by atoms with Crippen LogP contribution in [0, 0.1) is 0 Å². The quantitative estimate of drug-likeness (QED) is 0.847. The summed E-state index contributed by atoms with van der Waals surface area (Å²) in [6, 6.07) is 8.21. The van der Waals surface area contributed by atoms with Crippen molar-refractivity contribution in [2.45, 2.75) is 17.9 Å². The van der Waals surface area contributed by atoms with Crippen molar-refractivity contribution in [1.82, 2.24) is 10.2 Å². The monoisotopic (exact) mass is 286 g/mol. The molecule has 1 N–H and O–H groups in total. The van der Waals surface area contributed by atoms with E-state index < -0.39 is 0 Å². The van der Waals surface area contributed by atoms with Crippen molar-refractivity contribution in [3.8, 4) is 0 Å². The zero-order valence-electron chi connectivity index (χ0n) is 10.7. The maximum Gasteiger partial charge on any atom is 0.255 e. The number of benzene rings is 1. The fourth-order valence-electron chi connectivity index (χ4n) is 2.11. The number of hydrogen-bond acceptors (Lipinski definition) is 3. The van der Waals surface area contributed by atoms with E-state index >= 15 is 0 Å². The van der Waals surface area contributed by atoms with Crippen LogP contribution >= 0.6 is 24.2 Å². The van der Waals surface area contributed by atoms with Crippen molar-refractivity contribution in [3.63, 3.8) is 0 Å². The summed E-state index contributed by atoms with van der Waals surface area (Å²) < 4.78 is 0. The molecule has 18 heavy (non-hydrogen) atoms. The van der Waals surface area contributed by atoms with Gasteiger partial charge in [-0.05, 0) is 25.3 Å². The predicted molar refractivity (Wildman–Crippen MR) is 78.8 cm³/mol. The Balaban J connectivity index is 0.00000162. The molecule has 5 heteroatoms. The van der Waals surface area contributed by atoms with Crippen LogP contribution in [0.25, 0.3) is 0 Å². The lowest BCUT2D eigenvalue weighted by Gasteiger charge is -2.32. The SMILES string of the molecule is CSc1ccccc1C(=O)N1CCN[C@@H](C)C1.Cl. The third-order valence-corrected chi connectivity index (χ3v) is 3.79. The van der Waals surface area contributed by atoms with Crippen molar-refractivity contribution in [2.24, 2.45) is 0 Å². The van der Waals surface area contributed by atoms with Crippen LogP contribution in [0.5, 0.6) is 0 Å². The number of thioether (sulfide) groups is 1. The lowest BCUT2D eigenvalue weighted by Crippen LogP contribution is -2.51. The van der Waals surface area contributed by atoms with Crippen LogP contribution in [-0.4, -0.2) is 42.7 Å². The number of rotatable bonds is 2. The Morgan fingerprint density at radius 2 is 2.17 bits per heavy atom. The minimum absolute atomic E-state index is 0. The molecule has 2 rings (SSSR count). The maximum absolute atomic E-state index is 12.4. The molecule has 0 aromatic heterocycles. The molecular formula is C13H19ClN2OS. The second kappa shape index (κ2) is 7.02. The van der Waals surface area contributed by atoms with Crippen LogP contribution in [0.3, 0.4) is 0 Å². The Morgan fingerprint density at radius 1 is 1.44 bits per heavy atom. The number of nitrogens with zero attached hydrogens (tertiary/aromatic N) is 1. The van der Waals surface area contributed by atoms with Gasteiger partial charge >= 0.3 is 0 Å². The number of nitrogens with one attached hydrogen (secondary N) is 1. The molecule has 0 aliphatic carbocycles. The Kier molecular flexibility index (Phi) is 5.99. The summed E-state index contributed by atoms with van der Waals surface area (Å²) in [6.07, 6.45) is 2.01. The lowest BCUT2D eigenvalue weighted by atomic mass is 10.1. The van der Waals surface area contributed by atoms with Gasteiger partial charge in [0.15, 0.2) is 0 Å². The summed E-state index contributed by atoms with van der Waals surface area (Å²) in [5, 5.41) is 3.35. The molecule has 3 nitrogen and oxygen atoms in total. The van der Waals surface area contributed by atoms with Gasteiger partial charge in [0.05, 0.1) is 5.56 Å². The topological polar surface area (TPSA) is 32.3 Å². The summed E-state index contributed by atoms with van der Waals surface area (Å²) in [7, 11) is 0. The van der Waals surface area contributed by atoms with E-state index in [2.05, 4.69) is 12.2 Å². The maximum atomic E-state index is 12.4. The second-order valence-corrected chi connectivity index (χ2v) is 5.15. The molecule has 1 aliphatic heterocycles. The molecule has 0 bridgehead atoms. The average molecular weight is 287 g/mol. The highest BCUT2D eigenvalue weighted by molar-refractivity contribution is 7.98. The normalized spacial score (nSPS) is 19.2. The van der Waals surface area contributed by atoms with Gasteiger partial charge in [-0.1, -0.05) is 12.1 Å². The van der Waals surface area contributed by atoms with E-state index in [-0.39, 0.29) is 18.3 Å². The van der Waals surface area contributed by atoms with Crippen LogP contribution in [-0.2, 0) is 0 Å². The Bertz CT molecular complexity index is 414. The minimum Gasteiger partial charge on any atom is -0.336 e. The van der Waals surface area contributed by atoms with Crippen LogP contribution < -0.4 is 5.32 Å². The molecule has 0 radical (unpaired) electrons. The second-order valence-electron chi connectivity index (χ2n) is 4.31. The van der Waals surface area contributed by atoms with Gasteiger partial charge in [0.1, 0.15) is 0 Å². The zero-order chi connectivity index (χ0) is 12.3. The molecule has 0 saturated carbocycles. The van der Waals surface area contributed by atoms with Gasteiger partial charge < -0.3 is 10.2 Å². The molecule has 0 unspecified atom stereocenters. The van der Waals surface area contributed by atoms with Crippen LogP contribution in [0.2, 0.25) is 0 Å². The van der Waals surface area contributed by atoms with Gasteiger partial charge in [0, 0.05) is 30.6 Å². The lowest BCUT2D eigenvalue weighted by molar-refractivity contribution is 0.0705. The first-order chi connectivity index (χ1) is 8.22. The van der Waals surface area contributed by atoms with E-state index in [0.29, 0.717) is 6.04 Å². The Hall–Kier alpha value is -0.710.